The maximum atomic E-state index is 13.1. The summed E-state index contributed by atoms with van der Waals surface area (Å²) in [7, 11) is -5.11. The summed E-state index contributed by atoms with van der Waals surface area (Å²) >= 11 is 0. The fourth-order valence-electron chi connectivity index (χ4n) is 7.28. The third kappa shape index (κ3) is 27.3. The van der Waals surface area contributed by atoms with Gasteiger partial charge in [-0.2, -0.15) is 8.42 Å². The SMILES string of the molecule is CCCCCCCC/C=C\CCCCC(O)C(=O)NC(COC1OC(CO)C(O)C(OS(=O)(=O)O)C1O)C(O)CCCCCCCCCCCCCCCCCC. The second-order valence-electron chi connectivity index (χ2n) is 16.1. The molecule has 13 nitrogen and oxygen atoms in total. The molecule has 1 saturated heterocycles. The molecule has 14 heteroatoms. The predicted molar refractivity (Wildman–Crippen MR) is 224 cm³/mol. The van der Waals surface area contributed by atoms with Gasteiger partial charge in [-0.15, -0.1) is 0 Å². The maximum absolute atomic E-state index is 13.1. The molecule has 1 fully saturated rings. The van der Waals surface area contributed by atoms with Gasteiger partial charge in [0.15, 0.2) is 6.29 Å². The lowest BCUT2D eigenvalue weighted by atomic mass is 9.99. The second kappa shape index (κ2) is 34.5. The minimum atomic E-state index is -5.11. The summed E-state index contributed by atoms with van der Waals surface area (Å²) in [6, 6.07) is -1.04. The molecule has 1 amide bonds. The van der Waals surface area contributed by atoms with Crippen molar-refractivity contribution in [2.24, 2.45) is 0 Å². The van der Waals surface area contributed by atoms with Crippen LogP contribution in [0.1, 0.15) is 194 Å². The third-order valence-electron chi connectivity index (χ3n) is 10.9. The van der Waals surface area contributed by atoms with Crippen LogP contribution >= 0.6 is 0 Å². The van der Waals surface area contributed by atoms with E-state index in [2.05, 4.69) is 35.5 Å². The van der Waals surface area contributed by atoms with E-state index in [-0.39, 0.29) is 6.42 Å². The molecule has 7 N–H and O–H groups in total. The Hall–Kier alpha value is -1.20. The molecule has 0 aromatic rings. The van der Waals surface area contributed by atoms with E-state index in [0.717, 1.165) is 38.5 Å². The zero-order chi connectivity index (χ0) is 42.2. The molecule has 0 aromatic heterocycles. The van der Waals surface area contributed by atoms with E-state index in [1.165, 1.54) is 116 Å². The molecular formula is C43H83NO12S. The number of ether oxygens (including phenoxy) is 2. The van der Waals surface area contributed by atoms with Gasteiger partial charge in [-0.1, -0.05) is 167 Å². The molecule has 0 aromatic carbocycles. The molecule has 0 bridgehead atoms. The van der Waals surface area contributed by atoms with Crippen LogP contribution in [0.15, 0.2) is 12.2 Å². The van der Waals surface area contributed by atoms with Gasteiger partial charge in [0.1, 0.15) is 30.5 Å². The highest BCUT2D eigenvalue weighted by atomic mass is 32.3. The van der Waals surface area contributed by atoms with Crippen LogP contribution in [-0.4, -0.2) is 107 Å². The van der Waals surface area contributed by atoms with Crippen LogP contribution in [-0.2, 0) is 28.9 Å². The number of carbonyl (C=O) groups is 1. The summed E-state index contributed by atoms with van der Waals surface area (Å²) in [5.41, 5.74) is 0. The van der Waals surface area contributed by atoms with Gasteiger partial charge >= 0.3 is 10.4 Å². The van der Waals surface area contributed by atoms with Gasteiger partial charge < -0.3 is 40.3 Å². The predicted octanol–water partition coefficient (Wildman–Crippen LogP) is 7.36. The Labute approximate surface area is 345 Å². The van der Waals surface area contributed by atoms with Crippen LogP contribution in [0.3, 0.4) is 0 Å². The molecule has 1 aliphatic rings. The van der Waals surface area contributed by atoms with Crippen molar-refractivity contribution in [1.29, 1.82) is 0 Å². The van der Waals surface area contributed by atoms with Gasteiger partial charge in [0, 0.05) is 0 Å². The van der Waals surface area contributed by atoms with E-state index in [9.17, 15) is 43.3 Å². The largest absolute Gasteiger partial charge is 0.397 e. The van der Waals surface area contributed by atoms with Gasteiger partial charge in [0.25, 0.3) is 0 Å². The first-order valence-corrected chi connectivity index (χ1v) is 24.0. The molecule has 1 rings (SSSR count). The third-order valence-corrected chi connectivity index (χ3v) is 11.4. The van der Waals surface area contributed by atoms with Crippen molar-refractivity contribution in [1.82, 2.24) is 5.32 Å². The van der Waals surface area contributed by atoms with E-state index in [1.807, 2.05) is 0 Å². The van der Waals surface area contributed by atoms with Gasteiger partial charge in [-0.25, -0.2) is 4.18 Å². The number of aliphatic hydroxyl groups is 5. The Morgan fingerprint density at radius 2 is 1.12 bits per heavy atom. The van der Waals surface area contributed by atoms with Crippen LogP contribution in [0.25, 0.3) is 0 Å². The van der Waals surface area contributed by atoms with Crippen molar-refractivity contribution in [3.8, 4) is 0 Å². The first-order chi connectivity index (χ1) is 27.4. The topological polar surface area (TPSA) is 212 Å². The Kier molecular flexibility index (Phi) is 32.6. The maximum Gasteiger partial charge on any atom is 0.397 e. The van der Waals surface area contributed by atoms with Crippen LogP contribution in [0.5, 0.6) is 0 Å². The number of rotatable bonds is 38. The summed E-state index contributed by atoms with van der Waals surface area (Å²) in [6.45, 7) is 3.25. The average Bonchev–Trinajstić information content (AvgIpc) is 3.18. The molecular weight excluding hydrogens is 755 g/mol. The van der Waals surface area contributed by atoms with E-state index in [1.54, 1.807) is 0 Å². The number of allylic oxidation sites excluding steroid dienone is 2. The lowest BCUT2D eigenvalue weighted by molar-refractivity contribution is -0.298. The minimum Gasteiger partial charge on any atom is -0.394 e. The number of unbranched alkanes of at least 4 members (excludes halogenated alkanes) is 23. The van der Waals surface area contributed by atoms with Crippen LogP contribution in [0.4, 0.5) is 0 Å². The highest BCUT2D eigenvalue weighted by Crippen LogP contribution is 2.26. The van der Waals surface area contributed by atoms with Gasteiger partial charge in [0.05, 0.1) is 25.4 Å². The summed E-state index contributed by atoms with van der Waals surface area (Å²) in [5, 5.41) is 55.2. The molecule has 1 aliphatic heterocycles. The Morgan fingerprint density at radius 1 is 0.684 bits per heavy atom. The van der Waals surface area contributed by atoms with Gasteiger partial charge in [-0.3, -0.25) is 9.35 Å². The Bertz CT molecular complexity index is 1100. The van der Waals surface area contributed by atoms with Crippen molar-refractivity contribution >= 4 is 16.3 Å². The second-order valence-corrected chi connectivity index (χ2v) is 17.2. The van der Waals surface area contributed by atoms with E-state index in [4.69, 9.17) is 9.47 Å². The van der Waals surface area contributed by atoms with Gasteiger partial charge in [0.2, 0.25) is 5.91 Å². The zero-order valence-corrected chi connectivity index (χ0v) is 36.3. The highest BCUT2D eigenvalue weighted by Gasteiger charge is 2.48. The first kappa shape index (κ1) is 53.8. The molecule has 0 radical (unpaired) electrons. The van der Waals surface area contributed by atoms with Crippen molar-refractivity contribution in [3.05, 3.63) is 12.2 Å². The normalized spacial score (nSPS) is 21.9. The van der Waals surface area contributed by atoms with Crippen molar-refractivity contribution in [3.63, 3.8) is 0 Å². The molecule has 0 aliphatic carbocycles. The number of nitrogens with one attached hydrogen (secondary N) is 1. The van der Waals surface area contributed by atoms with Crippen molar-refractivity contribution in [2.75, 3.05) is 13.2 Å². The fourth-order valence-corrected chi connectivity index (χ4v) is 7.79. The molecule has 338 valence electrons. The van der Waals surface area contributed by atoms with Crippen LogP contribution < -0.4 is 5.32 Å². The van der Waals surface area contributed by atoms with Crippen LogP contribution in [0.2, 0.25) is 0 Å². The molecule has 0 saturated carbocycles. The quantitative estimate of drug-likeness (QED) is 0.0185. The Balaban J connectivity index is 2.59. The number of aliphatic hydroxyl groups excluding tert-OH is 5. The summed E-state index contributed by atoms with van der Waals surface area (Å²) in [4.78, 5) is 13.1. The molecule has 8 unspecified atom stereocenters. The molecule has 57 heavy (non-hydrogen) atoms. The molecule has 1 heterocycles. The standard InChI is InChI=1S/C43H83NO12S/c1-3-5-7-9-11-13-15-17-18-19-20-22-23-25-27-29-31-36(46)35(34-54-43-40(49)41(56-57(51,52)53)39(48)38(33-45)55-43)44-42(50)37(47)32-30-28-26-24-21-16-14-12-10-8-6-4-2/h21,24,35-41,43,45-49H,3-20,22-23,25-34H2,1-2H3,(H,44,50)(H,51,52,53)/b24-21-. The Morgan fingerprint density at radius 3 is 1.60 bits per heavy atom. The summed E-state index contributed by atoms with van der Waals surface area (Å²) in [5.74, 6) is -0.686. The van der Waals surface area contributed by atoms with Gasteiger partial charge in [-0.05, 0) is 38.5 Å². The lowest BCUT2D eigenvalue weighted by Gasteiger charge is -2.41. The lowest BCUT2D eigenvalue weighted by Crippen LogP contribution is -2.61. The summed E-state index contributed by atoms with van der Waals surface area (Å²) < 4.78 is 47.5. The fraction of sp³-hybridized carbons (Fsp3) is 0.930. The highest BCUT2D eigenvalue weighted by molar-refractivity contribution is 7.80. The smallest absolute Gasteiger partial charge is 0.394 e. The first-order valence-electron chi connectivity index (χ1n) is 22.7. The number of hydrogen-bond donors (Lipinski definition) is 7. The number of amides is 1. The molecule has 0 spiro atoms. The monoisotopic (exact) mass is 838 g/mol. The zero-order valence-electron chi connectivity index (χ0n) is 35.5. The van der Waals surface area contributed by atoms with E-state index >= 15 is 0 Å². The van der Waals surface area contributed by atoms with Crippen molar-refractivity contribution < 1.29 is 57.0 Å². The van der Waals surface area contributed by atoms with Crippen molar-refractivity contribution in [2.45, 2.75) is 243 Å². The van der Waals surface area contributed by atoms with E-state index in [0.29, 0.717) is 19.3 Å². The van der Waals surface area contributed by atoms with Crippen LogP contribution in [0, 0.1) is 0 Å². The minimum absolute atomic E-state index is 0.231. The van der Waals surface area contributed by atoms with E-state index < -0.39 is 78.5 Å². The number of hydrogen-bond acceptors (Lipinski definition) is 11. The summed E-state index contributed by atoms with van der Waals surface area (Å²) in [6.07, 6.45) is 24.0. The average molecular weight is 838 g/mol. The number of carbonyl (C=O) groups excluding carboxylic acids is 1. The molecule has 8 atom stereocenters.